The summed E-state index contributed by atoms with van der Waals surface area (Å²) in [6.07, 6.45) is 4.27. The summed E-state index contributed by atoms with van der Waals surface area (Å²) >= 11 is 0. The van der Waals surface area contributed by atoms with Crippen molar-refractivity contribution in [2.75, 3.05) is 13.2 Å². The van der Waals surface area contributed by atoms with Crippen LogP contribution in [-0.4, -0.2) is 24.4 Å². The largest absolute Gasteiger partial charge is 0.396 e. The van der Waals surface area contributed by atoms with Crippen LogP contribution >= 0.6 is 0 Å². The molecule has 1 rings (SSSR count). The molecule has 108 valence electrons. The molecule has 0 heterocycles. The smallest absolute Gasteiger partial charge is 0.0575 e. The van der Waals surface area contributed by atoms with E-state index in [1.807, 2.05) is 0 Å². The fourth-order valence-corrected chi connectivity index (χ4v) is 2.24. The van der Waals surface area contributed by atoms with Gasteiger partial charge in [0.25, 0.3) is 0 Å². The third kappa shape index (κ3) is 6.74. The van der Waals surface area contributed by atoms with Crippen molar-refractivity contribution in [3.63, 3.8) is 0 Å². The molecule has 0 aromatic heterocycles. The van der Waals surface area contributed by atoms with Crippen molar-refractivity contribution in [2.45, 2.75) is 52.6 Å². The highest BCUT2D eigenvalue weighted by molar-refractivity contribution is 5.21. The minimum absolute atomic E-state index is 0.279. The summed E-state index contributed by atoms with van der Waals surface area (Å²) in [5.41, 5.74) is 2.64. The molecule has 2 unspecified atom stereocenters. The van der Waals surface area contributed by atoms with Crippen molar-refractivity contribution in [2.24, 2.45) is 5.92 Å². The number of aliphatic hydroxyl groups excluding tert-OH is 1. The highest BCUT2D eigenvalue weighted by Crippen LogP contribution is 2.15. The SMILES string of the molecule is CCC(CC(C)CCO)OCCc1ccc(C)cc1. The third-order valence-electron chi connectivity index (χ3n) is 3.61. The van der Waals surface area contributed by atoms with Crippen molar-refractivity contribution in [1.82, 2.24) is 0 Å². The van der Waals surface area contributed by atoms with Gasteiger partial charge in [-0.3, -0.25) is 0 Å². The normalized spacial score (nSPS) is 14.3. The molecule has 1 N–H and O–H groups in total. The second-order valence-electron chi connectivity index (χ2n) is 5.49. The highest BCUT2D eigenvalue weighted by Gasteiger charge is 2.11. The first-order valence-corrected chi connectivity index (χ1v) is 7.43. The molecule has 0 aliphatic carbocycles. The van der Waals surface area contributed by atoms with Crippen LogP contribution in [0, 0.1) is 12.8 Å². The lowest BCUT2D eigenvalue weighted by Gasteiger charge is -2.20. The fraction of sp³-hybridized carbons (Fsp3) is 0.647. The maximum atomic E-state index is 8.93. The summed E-state index contributed by atoms with van der Waals surface area (Å²) < 4.78 is 5.96. The van der Waals surface area contributed by atoms with Gasteiger partial charge in [-0.1, -0.05) is 43.7 Å². The number of ether oxygens (including phenoxy) is 1. The van der Waals surface area contributed by atoms with Crippen molar-refractivity contribution >= 4 is 0 Å². The first-order valence-electron chi connectivity index (χ1n) is 7.43. The van der Waals surface area contributed by atoms with Crippen LogP contribution in [0.2, 0.25) is 0 Å². The second kappa shape index (κ2) is 9.11. The fourth-order valence-electron chi connectivity index (χ4n) is 2.24. The molecule has 0 bridgehead atoms. The predicted octanol–water partition coefficient (Wildman–Crippen LogP) is 3.74. The second-order valence-corrected chi connectivity index (χ2v) is 5.49. The number of aliphatic hydroxyl groups is 1. The number of hydrogen-bond donors (Lipinski definition) is 1. The zero-order valence-corrected chi connectivity index (χ0v) is 12.6. The van der Waals surface area contributed by atoms with E-state index in [0.29, 0.717) is 12.0 Å². The van der Waals surface area contributed by atoms with Gasteiger partial charge in [-0.2, -0.15) is 0 Å². The maximum absolute atomic E-state index is 8.93. The van der Waals surface area contributed by atoms with Gasteiger partial charge in [0.15, 0.2) is 0 Å². The van der Waals surface area contributed by atoms with E-state index in [9.17, 15) is 0 Å². The van der Waals surface area contributed by atoms with Crippen LogP contribution in [0.5, 0.6) is 0 Å². The number of aryl methyl sites for hydroxylation is 1. The Kier molecular flexibility index (Phi) is 7.76. The Bertz CT molecular complexity index is 332. The van der Waals surface area contributed by atoms with Gasteiger partial charge in [-0.05, 0) is 44.1 Å². The molecule has 19 heavy (non-hydrogen) atoms. The van der Waals surface area contributed by atoms with Gasteiger partial charge in [0.2, 0.25) is 0 Å². The van der Waals surface area contributed by atoms with Crippen LogP contribution < -0.4 is 0 Å². The monoisotopic (exact) mass is 264 g/mol. The zero-order valence-electron chi connectivity index (χ0n) is 12.6. The topological polar surface area (TPSA) is 29.5 Å². The highest BCUT2D eigenvalue weighted by atomic mass is 16.5. The minimum Gasteiger partial charge on any atom is -0.396 e. The lowest BCUT2D eigenvalue weighted by Crippen LogP contribution is -2.17. The maximum Gasteiger partial charge on any atom is 0.0575 e. The van der Waals surface area contributed by atoms with Crippen LogP contribution in [-0.2, 0) is 11.2 Å². The average Bonchev–Trinajstić information content (AvgIpc) is 2.40. The molecule has 2 atom stereocenters. The molecule has 2 heteroatoms. The van der Waals surface area contributed by atoms with Crippen molar-refractivity contribution < 1.29 is 9.84 Å². The van der Waals surface area contributed by atoms with E-state index in [2.05, 4.69) is 45.0 Å². The Morgan fingerprint density at radius 2 is 1.89 bits per heavy atom. The van der Waals surface area contributed by atoms with Crippen molar-refractivity contribution in [3.8, 4) is 0 Å². The van der Waals surface area contributed by atoms with Gasteiger partial charge in [0.1, 0.15) is 0 Å². The average molecular weight is 264 g/mol. The molecule has 0 radical (unpaired) electrons. The van der Waals surface area contributed by atoms with Crippen LogP contribution in [0.3, 0.4) is 0 Å². The van der Waals surface area contributed by atoms with Crippen LogP contribution in [0.25, 0.3) is 0 Å². The number of rotatable bonds is 9. The molecular formula is C17H28O2. The summed E-state index contributed by atoms with van der Waals surface area (Å²) in [7, 11) is 0. The Labute approximate surface area is 117 Å². The van der Waals surface area contributed by atoms with E-state index in [-0.39, 0.29) is 6.61 Å². The molecule has 0 fully saturated rings. The number of hydrogen-bond acceptors (Lipinski definition) is 2. The van der Waals surface area contributed by atoms with Gasteiger partial charge in [-0.15, -0.1) is 0 Å². The Morgan fingerprint density at radius 3 is 2.47 bits per heavy atom. The van der Waals surface area contributed by atoms with E-state index in [0.717, 1.165) is 32.3 Å². The molecule has 0 saturated carbocycles. The zero-order chi connectivity index (χ0) is 14.1. The summed E-state index contributed by atoms with van der Waals surface area (Å²) in [4.78, 5) is 0. The number of benzene rings is 1. The first kappa shape index (κ1) is 16.2. The summed E-state index contributed by atoms with van der Waals surface area (Å²) in [6, 6.07) is 8.65. The van der Waals surface area contributed by atoms with E-state index >= 15 is 0 Å². The Hall–Kier alpha value is -0.860. The first-order chi connectivity index (χ1) is 9.15. The summed E-state index contributed by atoms with van der Waals surface area (Å²) in [5.74, 6) is 0.536. The van der Waals surface area contributed by atoms with Crippen LogP contribution in [0.1, 0.15) is 44.2 Å². The van der Waals surface area contributed by atoms with Gasteiger partial charge in [0, 0.05) is 6.61 Å². The van der Waals surface area contributed by atoms with Gasteiger partial charge in [0.05, 0.1) is 12.7 Å². The summed E-state index contributed by atoms with van der Waals surface area (Å²) in [5, 5.41) is 8.93. The molecule has 0 saturated heterocycles. The van der Waals surface area contributed by atoms with Crippen molar-refractivity contribution in [1.29, 1.82) is 0 Å². The molecular weight excluding hydrogens is 236 g/mol. The van der Waals surface area contributed by atoms with E-state index < -0.39 is 0 Å². The van der Waals surface area contributed by atoms with Gasteiger partial charge >= 0.3 is 0 Å². The van der Waals surface area contributed by atoms with Crippen LogP contribution in [0.15, 0.2) is 24.3 Å². The Morgan fingerprint density at radius 1 is 1.21 bits per heavy atom. The lowest BCUT2D eigenvalue weighted by atomic mass is 9.99. The third-order valence-corrected chi connectivity index (χ3v) is 3.61. The van der Waals surface area contributed by atoms with E-state index in [1.54, 1.807) is 0 Å². The lowest BCUT2D eigenvalue weighted by molar-refractivity contribution is 0.0347. The minimum atomic E-state index is 0.279. The summed E-state index contributed by atoms with van der Waals surface area (Å²) in [6.45, 7) is 7.52. The van der Waals surface area contributed by atoms with E-state index in [4.69, 9.17) is 9.84 Å². The molecule has 2 nitrogen and oxygen atoms in total. The standard InChI is InChI=1S/C17H28O2/c1-4-17(13-15(3)9-11-18)19-12-10-16-7-5-14(2)6-8-16/h5-8,15,17-18H,4,9-13H2,1-3H3. The van der Waals surface area contributed by atoms with Gasteiger partial charge < -0.3 is 9.84 Å². The molecule has 1 aromatic rings. The van der Waals surface area contributed by atoms with E-state index in [1.165, 1.54) is 11.1 Å². The van der Waals surface area contributed by atoms with Crippen molar-refractivity contribution in [3.05, 3.63) is 35.4 Å². The molecule has 1 aromatic carbocycles. The molecule has 0 amide bonds. The quantitative estimate of drug-likeness (QED) is 0.736. The molecule has 0 aliphatic heterocycles. The molecule has 0 spiro atoms. The predicted molar refractivity (Wildman–Crippen MR) is 80.4 cm³/mol. The van der Waals surface area contributed by atoms with Crippen LogP contribution in [0.4, 0.5) is 0 Å². The Balaban J connectivity index is 2.27. The molecule has 0 aliphatic rings. The van der Waals surface area contributed by atoms with Gasteiger partial charge in [-0.25, -0.2) is 0 Å².